The monoisotopic (exact) mass is 1180 g/mol. The minimum absolute atomic E-state index is 0.218. The molecular weight excluding hydrogens is 1100 g/mol. The summed E-state index contributed by atoms with van der Waals surface area (Å²) < 4.78 is 70.5. The number of carbonyl (C=O) groups is 2. The average Bonchev–Trinajstić information content (AvgIpc) is 4.43. The first-order chi connectivity index (χ1) is 38.6. The van der Waals surface area contributed by atoms with Gasteiger partial charge in [0, 0.05) is 32.3 Å². The Morgan fingerprint density at radius 3 is 1.37 bits per heavy atom. The van der Waals surface area contributed by atoms with E-state index in [1.807, 2.05) is 161 Å². The van der Waals surface area contributed by atoms with E-state index in [2.05, 4.69) is 56.1 Å². The van der Waals surface area contributed by atoms with Gasteiger partial charge in [-0.05, 0) is 95.5 Å². The minimum Gasteiger partial charge on any atom is -0.492 e. The molecule has 2 aliphatic heterocycles. The van der Waals surface area contributed by atoms with E-state index < -0.39 is 20.0 Å². The van der Waals surface area contributed by atoms with Crippen molar-refractivity contribution in [1.29, 1.82) is 0 Å². The third-order valence-electron chi connectivity index (χ3n) is 13.6. The van der Waals surface area contributed by atoms with E-state index in [0.29, 0.717) is 22.5 Å². The van der Waals surface area contributed by atoms with Gasteiger partial charge in [0.1, 0.15) is 11.9 Å². The van der Waals surface area contributed by atoms with Gasteiger partial charge in [0.05, 0.1) is 119 Å². The summed E-state index contributed by atoms with van der Waals surface area (Å²) in [4.78, 5) is 35.5. The fourth-order valence-electron chi connectivity index (χ4n) is 9.46. The fraction of sp³-hybridized carbons (Fsp3) is 0.368. The first-order valence-electron chi connectivity index (χ1n) is 26.3. The normalized spacial score (nSPS) is 13.5. The van der Waals surface area contributed by atoms with Crippen LogP contribution in [0.5, 0.6) is 11.5 Å². The van der Waals surface area contributed by atoms with Gasteiger partial charge in [-0.2, -0.15) is 0 Å². The third kappa shape index (κ3) is 14.2. The van der Waals surface area contributed by atoms with Gasteiger partial charge >= 0.3 is 5.95 Å². The van der Waals surface area contributed by atoms with Gasteiger partial charge in [0.25, 0.3) is 11.8 Å². The van der Waals surface area contributed by atoms with Crippen molar-refractivity contribution in [2.24, 2.45) is 21.1 Å². The molecule has 6 aromatic rings. The van der Waals surface area contributed by atoms with Gasteiger partial charge in [-0.1, -0.05) is 53.7 Å². The van der Waals surface area contributed by atoms with Gasteiger partial charge in [0.15, 0.2) is 17.2 Å². The SMILES string of the molecule is COc1c(NC(=O)c2ccc(C)c(N3C=C(c4c[n+](C)c(N(C)C)n4C)NN3)c2)cc(C(C)(C)C)cc1NS(C)(=O)=O.COc1c(NC(=O)c2ccc(C)c(N3C=C(c4cnc(N(C)C)n4C)NN3)c2)cc(C(C)(C)C)cc1NS(C)(=O)=O. The van der Waals surface area contributed by atoms with Crippen LogP contribution in [0.4, 0.5) is 46.0 Å². The van der Waals surface area contributed by atoms with Crippen molar-refractivity contribution < 1.29 is 40.5 Å². The topological polar surface area (TPSA) is 257 Å². The number of carbonyl (C=O) groups excluding carboxylic acids is 2. The molecule has 24 nitrogen and oxygen atoms in total. The van der Waals surface area contributed by atoms with E-state index >= 15 is 0 Å². The number of nitrogens with zero attached hydrogens (tertiary/aromatic N) is 8. The summed E-state index contributed by atoms with van der Waals surface area (Å²) in [5.74, 6) is 1.54. The molecule has 0 fully saturated rings. The molecule has 8 rings (SSSR count). The van der Waals surface area contributed by atoms with Crippen LogP contribution >= 0.6 is 0 Å². The molecule has 0 radical (unpaired) electrons. The Labute approximate surface area is 487 Å². The fourth-order valence-corrected chi connectivity index (χ4v) is 10.6. The highest BCUT2D eigenvalue weighted by Crippen LogP contribution is 2.41. The molecular formula is C57H79N16O8S2+. The molecule has 0 saturated carbocycles. The molecule has 2 amide bonds. The van der Waals surface area contributed by atoms with E-state index in [0.717, 1.165) is 80.8 Å². The zero-order valence-electron chi connectivity index (χ0n) is 50.7. The highest BCUT2D eigenvalue weighted by molar-refractivity contribution is 7.92. The summed E-state index contributed by atoms with van der Waals surface area (Å²) in [6, 6.07) is 17.9. The number of imidazole rings is 2. The number of hydrogen-bond acceptors (Lipinski definition) is 17. The predicted octanol–water partition coefficient (Wildman–Crippen LogP) is 6.53. The number of benzene rings is 4. The second-order valence-corrected chi connectivity index (χ2v) is 26.4. The number of hydrogen-bond donors (Lipinski definition) is 8. The zero-order valence-corrected chi connectivity index (χ0v) is 52.4. The molecule has 4 heterocycles. The predicted molar refractivity (Wildman–Crippen MR) is 330 cm³/mol. The quantitative estimate of drug-likeness (QED) is 0.0479. The maximum absolute atomic E-state index is 13.6. The van der Waals surface area contributed by atoms with Crippen LogP contribution < -0.4 is 75.9 Å². The number of aryl methyl sites for hydroxylation is 3. The Morgan fingerprint density at radius 2 is 1.02 bits per heavy atom. The Balaban J connectivity index is 0.000000239. The Bertz CT molecular complexity index is 3780. The van der Waals surface area contributed by atoms with Gasteiger partial charge in [-0.25, -0.2) is 31.0 Å². The summed E-state index contributed by atoms with van der Waals surface area (Å²) in [6.45, 7) is 16.0. The smallest absolute Gasteiger partial charge is 0.359 e. The Kier molecular flexibility index (Phi) is 17.8. The molecule has 446 valence electrons. The van der Waals surface area contributed by atoms with Crippen molar-refractivity contribution in [3.05, 3.63) is 130 Å². The molecule has 0 unspecified atom stereocenters. The maximum atomic E-state index is 13.6. The van der Waals surface area contributed by atoms with Gasteiger partial charge in [0.2, 0.25) is 26.0 Å². The number of ether oxygens (including phenoxy) is 2. The lowest BCUT2D eigenvalue weighted by atomic mass is 9.86. The maximum Gasteiger partial charge on any atom is 0.359 e. The number of methoxy groups -OCH3 is 2. The molecule has 0 spiro atoms. The molecule has 0 saturated heterocycles. The lowest BCUT2D eigenvalue weighted by Gasteiger charge is -2.24. The molecule has 0 atom stereocenters. The lowest BCUT2D eigenvalue weighted by molar-refractivity contribution is -0.657. The Hall–Kier alpha value is -8.46. The molecule has 2 aromatic heterocycles. The van der Waals surface area contributed by atoms with E-state index in [-0.39, 0.29) is 45.5 Å². The van der Waals surface area contributed by atoms with Crippen LogP contribution in [0.3, 0.4) is 0 Å². The number of anilines is 8. The number of sulfonamides is 2. The van der Waals surface area contributed by atoms with Crippen molar-refractivity contribution in [2.45, 2.75) is 66.2 Å². The van der Waals surface area contributed by atoms with Crippen LogP contribution in [-0.4, -0.2) is 97.7 Å². The van der Waals surface area contributed by atoms with Gasteiger partial charge in [-0.15, -0.1) is 11.1 Å². The summed E-state index contributed by atoms with van der Waals surface area (Å²) in [6.07, 6.45) is 9.82. The first-order valence-corrected chi connectivity index (χ1v) is 30.1. The molecule has 26 heteroatoms. The third-order valence-corrected chi connectivity index (χ3v) is 14.8. The van der Waals surface area contributed by atoms with E-state index in [1.54, 1.807) is 53.7 Å². The van der Waals surface area contributed by atoms with Crippen molar-refractivity contribution in [3.63, 3.8) is 0 Å². The molecule has 0 aliphatic carbocycles. The number of amides is 2. The molecule has 2 aliphatic rings. The minimum atomic E-state index is -3.59. The highest BCUT2D eigenvalue weighted by Gasteiger charge is 2.29. The summed E-state index contributed by atoms with van der Waals surface area (Å²) in [5.41, 5.74) is 22.8. The van der Waals surface area contributed by atoms with Crippen LogP contribution in [0.2, 0.25) is 0 Å². The van der Waals surface area contributed by atoms with Gasteiger partial charge < -0.3 is 29.6 Å². The number of hydrazine groups is 4. The number of rotatable bonds is 16. The van der Waals surface area contributed by atoms with Crippen molar-refractivity contribution >= 4 is 89.3 Å². The molecule has 8 N–H and O–H groups in total. The lowest BCUT2D eigenvalue weighted by Crippen LogP contribution is -2.36. The van der Waals surface area contributed by atoms with Crippen LogP contribution in [0.15, 0.2) is 85.5 Å². The standard InChI is InChI=1S/C29H40N8O4S.C28H38N8O4S/c1-18-11-12-19(13-24(18)37-16-23(31-33-37)25-17-35(7)28(34(5)6)36(25)8)27(38)30-21-14-20(29(2,3)4)15-22(26(21)41-9)32-42(10,39)40;1-17-10-11-18(12-23(17)36-16-22(31-33-36)24-15-29-27(34(5)6)35(24)7)26(37)30-20-13-19(28(2,3)4)14-21(25(20)40-8)32-41(9,38)39/h11-17,31-33H,1-10H3;10-16,31-33H,1-9H3,(H,30,37)/p+1. The van der Waals surface area contributed by atoms with E-state index in [1.165, 1.54) is 14.2 Å². The second kappa shape index (κ2) is 23.8. The summed E-state index contributed by atoms with van der Waals surface area (Å²) in [7, 11) is 9.49. The van der Waals surface area contributed by atoms with E-state index in [9.17, 15) is 26.4 Å². The van der Waals surface area contributed by atoms with Gasteiger partial charge in [-0.3, -0.25) is 44.8 Å². The zero-order chi connectivity index (χ0) is 61.4. The van der Waals surface area contributed by atoms with Crippen LogP contribution in [0.1, 0.15) is 95.9 Å². The van der Waals surface area contributed by atoms with Crippen molar-refractivity contribution in [2.75, 3.05) is 94.8 Å². The van der Waals surface area contributed by atoms with Crippen LogP contribution in [0.25, 0.3) is 11.4 Å². The van der Waals surface area contributed by atoms with Crippen LogP contribution in [0, 0.1) is 13.8 Å². The largest absolute Gasteiger partial charge is 0.492 e. The van der Waals surface area contributed by atoms with E-state index in [4.69, 9.17) is 9.47 Å². The van der Waals surface area contributed by atoms with Crippen LogP contribution in [-0.2, 0) is 52.0 Å². The molecule has 0 bridgehead atoms. The average molecular weight is 1180 g/mol. The highest BCUT2D eigenvalue weighted by atomic mass is 32.2. The molecule has 83 heavy (non-hydrogen) atoms. The van der Waals surface area contributed by atoms with Crippen molar-refractivity contribution in [3.8, 4) is 11.5 Å². The summed E-state index contributed by atoms with van der Waals surface area (Å²) >= 11 is 0. The summed E-state index contributed by atoms with van der Waals surface area (Å²) in [5, 5.41) is 9.50. The van der Waals surface area contributed by atoms with Crippen molar-refractivity contribution in [1.82, 2.24) is 36.0 Å². The Morgan fingerprint density at radius 1 is 0.614 bits per heavy atom. The number of aromatic nitrogens is 4. The first kappa shape index (κ1) is 62.1. The second-order valence-electron chi connectivity index (χ2n) is 22.9. The molecule has 4 aromatic carbocycles. The number of nitrogens with one attached hydrogen (secondary N) is 8.